The van der Waals surface area contributed by atoms with Crippen molar-refractivity contribution in [3.63, 3.8) is 0 Å². The van der Waals surface area contributed by atoms with Crippen LogP contribution < -0.4 is 21.1 Å². The van der Waals surface area contributed by atoms with Crippen LogP contribution in [0.3, 0.4) is 0 Å². The number of Topliss-reactive ketones (excluding diaryl/α,β-unsaturated/α-hetero) is 1. The van der Waals surface area contributed by atoms with Crippen molar-refractivity contribution in [2.75, 3.05) is 6.54 Å². The molecule has 6 atom stereocenters. The van der Waals surface area contributed by atoms with Crippen LogP contribution in [0, 0.1) is 17.8 Å². The molecular weight excluding hydrogens is 632 g/mol. The van der Waals surface area contributed by atoms with Gasteiger partial charge in [0.15, 0.2) is 11.5 Å². The Morgan fingerprint density at radius 1 is 1.10 bits per heavy atom. The second-order valence-electron chi connectivity index (χ2n) is 13.9. The van der Waals surface area contributed by atoms with Crippen LogP contribution in [0.5, 0.6) is 11.5 Å². The Labute approximate surface area is 295 Å². The number of nitrogens with two attached hydrogens (primary N) is 2. The fourth-order valence-corrected chi connectivity index (χ4v) is 7.11. The first-order valence-corrected chi connectivity index (χ1v) is 18.1. The summed E-state index contributed by atoms with van der Waals surface area (Å²) in [6.07, 6.45) is 6.72. The molecular formula is C40H53N4O6+. The Hall–Kier alpha value is -3.82. The van der Waals surface area contributed by atoms with Gasteiger partial charge in [-0.1, -0.05) is 75.6 Å². The zero-order valence-electron chi connectivity index (χ0n) is 29.3. The average molecular weight is 686 g/mol. The molecule has 0 radical (unpaired) electrons. The summed E-state index contributed by atoms with van der Waals surface area (Å²) in [6, 6.07) is 10.7. The van der Waals surface area contributed by atoms with Crippen molar-refractivity contribution in [3.8, 4) is 23.3 Å². The van der Waals surface area contributed by atoms with Gasteiger partial charge < -0.3 is 36.6 Å². The smallest absolute Gasteiger partial charge is 0.247 e. The van der Waals surface area contributed by atoms with Gasteiger partial charge in [-0.25, -0.2) is 0 Å². The van der Waals surface area contributed by atoms with Gasteiger partial charge in [-0.15, -0.1) is 0 Å². The van der Waals surface area contributed by atoms with Gasteiger partial charge in [0.05, 0.1) is 18.4 Å². The number of fused-ring (bicyclic) bond motifs is 2. The number of aliphatic hydroxyl groups excluding tert-OH is 3. The molecule has 0 saturated carbocycles. The van der Waals surface area contributed by atoms with Crippen molar-refractivity contribution in [1.82, 2.24) is 0 Å². The molecule has 3 aliphatic rings. The van der Waals surface area contributed by atoms with Gasteiger partial charge in [-0.2, -0.15) is 0 Å². The van der Waals surface area contributed by atoms with Crippen molar-refractivity contribution >= 4 is 12.0 Å². The second-order valence-corrected chi connectivity index (χ2v) is 13.9. The molecule has 2 aromatic carbocycles. The highest BCUT2D eigenvalue weighted by Gasteiger charge is 2.35. The number of phenols is 1. The molecule has 0 aliphatic carbocycles. The third kappa shape index (κ3) is 9.29. The first-order chi connectivity index (χ1) is 24.1. The van der Waals surface area contributed by atoms with E-state index in [1.54, 1.807) is 18.2 Å². The fraction of sp³-hybridized carbons (Fsp3) is 0.500. The first-order valence-electron chi connectivity index (χ1n) is 18.1. The highest BCUT2D eigenvalue weighted by molar-refractivity contribution is 5.87. The molecule has 6 unspecified atom stereocenters. The summed E-state index contributed by atoms with van der Waals surface area (Å²) in [6.45, 7) is 4.71. The van der Waals surface area contributed by atoms with Gasteiger partial charge in [-0.05, 0) is 72.1 Å². The third-order valence-electron chi connectivity index (χ3n) is 10.0. The molecule has 10 heteroatoms. The monoisotopic (exact) mass is 685 g/mol. The first kappa shape index (κ1) is 37.4. The number of aliphatic hydroxyl groups is 3. The highest BCUT2D eigenvalue weighted by Crippen LogP contribution is 2.32. The van der Waals surface area contributed by atoms with E-state index in [-0.39, 0.29) is 36.5 Å². The van der Waals surface area contributed by atoms with Crippen molar-refractivity contribution < 1.29 is 34.9 Å². The highest BCUT2D eigenvalue weighted by atomic mass is 16.5. The summed E-state index contributed by atoms with van der Waals surface area (Å²) in [5.74, 6) is 5.82. The van der Waals surface area contributed by atoms with E-state index >= 15 is 0 Å². The van der Waals surface area contributed by atoms with Crippen LogP contribution in [0.25, 0.3) is 0 Å². The standard InChI is InChI=1S/C40H52N4O6/c1-3-5-6-9-31(37(49)21-29(45)8-4-2)35(47)16-12-25-13-17-36(48)38(18-25)50-39-11-7-10-34(46)30-15-14-26(40(41)42)19-27(30)20-28-22-43-33-24-44(39)23-32(28)33/h13-15,17-19,22,24,29,31,34,37,39-40,45-46,48-49H,3-6,8-9,11-12,16,20-21,23,41-42H2,1-2H3/p+1. The number of nitrogens with one attached hydrogen (secondary N) is 1. The molecule has 2 aromatic rings. The zero-order valence-corrected chi connectivity index (χ0v) is 29.3. The number of quaternary nitrogens is 1. The number of phenolic OH excluding ortho intramolecular Hbond substituents is 1. The Kier molecular flexibility index (Phi) is 13.0. The normalized spacial score (nSPS) is 21.4. The lowest BCUT2D eigenvalue weighted by Crippen LogP contribution is -3.11. The van der Waals surface area contributed by atoms with E-state index in [4.69, 9.17) is 16.2 Å². The summed E-state index contributed by atoms with van der Waals surface area (Å²) in [4.78, 5) is 19.1. The van der Waals surface area contributed by atoms with Crippen molar-refractivity contribution in [2.45, 2.75) is 115 Å². The number of unbranched alkanes of at least 4 members (excludes halogenated alkanes) is 2. The zero-order chi connectivity index (χ0) is 35.8. The quantitative estimate of drug-likeness (QED) is 0.0799. The van der Waals surface area contributed by atoms with Gasteiger partial charge in [-0.3, -0.25) is 14.7 Å². The van der Waals surface area contributed by atoms with E-state index in [2.05, 4.69) is 23.8 Å². The average Bonchev–Trinajstić information content (AvgIpc) is 3.67. The number of nitrogens with zero attached hydrogens (tertiary/aromatic N) is 1. The van der Waals surface area contributed by atoms with Crippen molar-refractivity contribution in [2.24, 2.45) is 22.4 Å². The third-order valence-corrected chi connectivity index (χ3v) is 10.0. The number of aryl methyl sites for hydroxylation is 1. The van der Waals surface area contributed by atoms with Crippen molar-refractivity contribution in [3.05, 3.63) is 81.7 Å². The minimum Gasteiger partial charge on any atom is -0.504 e. The number of allylic oxidation sites excluding steroid dienone is 1. The maximum atomic E-state index is 13.4. The summed E-state index contributed by atoms with van der Waals surface area (Å²) in [5, 5.41) is 43.2. The molecule has 9 N–H and O–H groups in total. The van der Waals surface area contributed by atoms with Gasteiger partial charge in [0.2, 0.25) is 6.23 Å². The molecule has 2 bridgehead atoms. The number of aliphatic imine (C=N–C) groups is 1. The number of carbonyl (C=O) groups is 1. The van der Waals surface area contributed by atoms with E-state index in [1.165, 1.54) is 0 Å². The van der Waals surface area contributed by atoms with Crippen LogP contribution in [0.2, 0.25) is 0 Å². The Morgan fingerprint density at radius 3 is 2.68 bits per heavy atom. The van der Waals surface area contributed by atoms with E-state index in [0.29, 0.717) is 37.8 Å². The van der Waals surface area contributed by atoms with E-state index in [9.17, 15) is 25.2 Å². The number of benzene rings is 2. The molecule has 0 fully saturated rings. The van der Waals surface area contributed by atoms with Crippen LogP contribution >= 0.6 is 0 Å². The molecule has 3 aliphatic heterocycles. The van der Waals surface area contributed by atoms with Gasteiger partial charge in [0.25, 0.3) is 0 Å². The number of carbonyl (C=O) groups excluding carboxylic acids is 1. The number of ketones is 1. The van der Waals surface area contributed by atoms with Crippen LogP contribution in [0.4, 0.5) is 0 Å². The lowest BCUT2D eigenvalue weighted by atomic mass is 9.85. The number of aromatic hydroxyl groups is 1. The Morgan fingerprint density at radius 2 is 1.92 bits per heavy atom. The number of rotatable bonds is 16. The van der Waals surface area contributed by atoms with Crippen molar-refractivity contribution in [1.29, 1.82) is 0 Å². The summed E-state index contributed by atoms with van der Waals surface area (Å²) < 4.78 is 6.47. The van der Waals surface area contributed by atoms with Crippen LogP contribution in [0.15, 0.2) is 64.4 Å². The SMILES string of the molecule is CCCCCC(C(=O)CCc1ccc(O)c(OC2CC#CC(O)c3ccc(C(N)N)cc3CC3=C4C[NH+]2C=C4N=C3)c1)C(O)CC(O)CCC. The number of ether oxygens (including phenoxy) is 1. The van der Waals surface area contributed by atoms with Crippen LogP contribution in [0.1, 0.15) is 106 Å². The molecule has 0 saturated heterocycles. The molecule has 0 aromatic heterocycles. The maximum Gasteiger partial charge on any atom is 0.247 e. The molecule has 10 nitrogen and oxygen atoms in total. The Bertz CT molecular complexity index is 1670. The van der Waals surface area contributed by atoms with Crippen LogP contribution in [-0.4, -0.2) is 57.4 Å². The topological polar surface area (TPSA) is 176 Å². The summed E-state index contributed by atoms with van der Waals surface area (Å²) >= 11 is 0. The number of hydrogen-bond donors (Lipinski definition) is 7. The lowest BCUT2D eigenvalue weighted by molar-refractivity contribution is -0.885. The predicted molar refractivity (Wildman–Crippen MR) is 193 cm³/mol. The maximum absolute atomic E-state index is 13.4. The molecule has 5 rings (SSSR count). The van der Waals surface area contributed by atoms with E-state index < -0.39 is 36.6 Å². The number of hydrogen-bond acceptors (Lipinski definition) is 9. The second kappa shape index (κ2) is 17.4. The van der Waals surface area contributed by atoms with Gasteiger partial charge in [0.1, 0.15) is 36.7 Å². The lowest BCUT2D eigenvalue weighted by Gasteiger charge is -2.24. The minimum absolute atomic E-state index is 0.0195. The van der Waals surface area contributed by atoms with Gasteiger partial charge >= 0.3 is 0 Å². The molecule has 268 valence electrons. The largest absolute Gasteiger partial charge is 0.504 e. The molecule has 0 amide bonds. The van der Waals surface area contributed by atoms with E-state index in [0.717, 1.165) is 64.1 Å². The summed E-state index contributed by atoms with van der Waals surface area (Å²) in [7, 11) is 0. The summed E-state index contributed by atoms with van der Waals surface area (Å²) in [5.41, 5.74) is 18.1. The van der Waals surface area contributed by atoms with Crippen LogP contribution in [-0.2, 0) is 17.6 Å². The fourth-order valence-electron chi connectivity index (χ4n) is 7.11. The minimum atomic E-state index is -1.03. The van der Waals surface area contributed by atoms with E-state index in [1.807, 2.05) is 37.5 Å². The molecule has 3 heterocycles. The molecule has 0 spiro atoms. The van der Waals surface area contributed by atoms with Gasteiger partial charge in [0, 0.05) is 24.1 Å². The Balaban J connectivity index is 1.33. The molecule has 50 heavy (non-hydrogen) atoms. The predicted octanol–water partition coefficient (Wildman–Crippen LogP) is 3.43.